The summed E-state index contributed by atoms with van der Waals surface area (Å²) < 4.78 is 0. The predicted octanol–water partition coefficient (Wildman–Crippen LogP) is 2.15. The molecular weight excluding hydrogens is 394 g/mol. The van der Waals surface area contributed by atoms with Crippen molar-refractivity contribution in [2.75, 3.05) is 29.4 Å². The second-order valence-electron chi connectivity index (χ2n) is 8.90. The van der Waals surface area contributed by atoms with Gasteiger partial charge in [0.15, 0.2) is 0 Å². The first-order valence-electron chi connectivity index (χ1n) is 11.0. The zero-order chi connectivity index (χ0) is 21.7. The summed E-state index contributed by atoms with van der Waals surface area (Å²) in [5, 5.41) is 2.03. The molecule has 31 heavy (non-hydrogen) atoms. The van der Waals surface area contributed by atoms with Gasteiger partial charge in [0.25, 0.3) is 0 Å². The van der Waals surface area contributed by atoms with E-state index in [9.17, 15) is 9.59 Å². The Morgan fingerprint density at radius 1 is 1.19 bits per heavy atom. The number of rotatable bonds is 4. The van der Waals surface area contributed by atoms with E-state index in [4.69, 9.17) is 4.84 Å². The van der Waals surface area contributed by atoms with Crippen molar-refractivity contribution in [2.24, 2.45) is 5.92 Å². The number of fused-ring (bicyclic) bond motifs is 1. The fraction of sp³-hybridized carbons (Fsp3) is 0.478. The monoisotopic (exact) mass is 423 g/mol. The van der Waals surface area contributed by atoms with Crippen LogP contribution in [0.25, 0.3) is 5.57 Å². The van der Waals surface area contributed by atoms with E-state index in [-0.39, 0.29) is 29.9 Å². The summed E-state index contributed by atoms with van der Waals surface area (Å²) in [6.07, 6.45) is 6.15. The van der Waals surface area contributed by atoms with E-state index in [0.29, 0.717) is 19.6 Å². The number of hydrogen-bond acceptors (Lipinski definition) is 6. The number of anilines is 2. The third kappa shape index (κ3) is 3.81. The Kier molecular flexibility index (Phi) is 4.98. The Hall–Kier alpha value is -2.84. The number of nitrogens with zero attached hydrogens (tertiary/aromatic N) is 3. The van der Waals surface area contributed by atoms with Gasteiger partial charge in [-0.25, -0.2) is 5.43 Å². The summed E-state index contributed by atoms with van der Waals surface area (Å²) in [5.74, 6) is 0.316. The lowest BCUT2D eigenvalue weighted by molar-refractivity contribution is -0.120. The van der Waals surface area contributed by atoms with Crippen LogP contribution in [0.3, 0.4) is 0 Å². The third-order valence-corrected chi connectivity index (χ3v) is 6.25. The van der Waals surface area contributed by atoms with Crippen LogP contribution in [0.2, 0.25) is 0 Å². The Balaban J connectivity index is 1.44. The highest BCUT2D eigenvalue weighted by atomic mass is 16.7. The highest BCUT2D eigenvalue weighted by molar-refractivity contribution is 6.05. The lowest BCUT2D eigenvalue weighted by Crippen LogP contribution is -2.51. The Labute approximate surface area is 182 Å². The van der Waals surface area contributed by atoms with Gasteiger partial charge in [0.05, 0.1) is 29.7 Å². The number of nitrogens with one attached hydrogen (secondary N) is 2. The quantitative estimate of drug-likeness (QED) is 0.773. The molecule has 1 aromatic rings. The lowest BCUT2D eigenvalue weighted by Gasteiger charge is -2.41. The molecule has 5 rings (SSSR count). The molecule has 164 valence electrons. The summed E-state index contributed by atoms with van der Waals surface area (Å²) in [7, 11) is 0. The predicted molar refractivity (Wildman–Crippen MR) is 119 cm³/mol. The van der Waals surface area contributed by atoms with Crippen LogP contribution in [0.4, 0.5) is 11.4 Å². The van der Waals surface area contributed by atoms with Gasteiger partial charge in [0.1, 0.15) is 6.10 Å². The summed E-state index contributed by atoms with van der Waals surface area (Å²) in [6, 6.07) is 6.04. The van der Waals surface area contributed by atoms with Crippen molar-refractivity contribution in [1.82, 2.24) is 15.9 Å². The molecule has 8 heteroatoms. The van der Waals surface area contributed by atoms with E-state index in [1.54, 1.807) is 6.92 Å². The van der Waals surface area contributed by atoms with Crippen molar-refractivity contribution in [3.8, 4) is 0 Å². The van der Waals surface area contributed by atoms with E-state index in [0.717, 1.165) is 41.1 Å². The average molecular weight is 424 g/mol. The van der Waals surface area contributed by atoms with Gasteiger partial charge in [-0.05, 0) is 56.0 Å². The van der Waals surface area contributed by atoms with Crippen molar-refractivity contribution in [1.29, 1.82) is 0 Å². The fourth-order valence-corrected chi connectivity index (χ4v) is 4.60. The highest BCUT2D eigenvalue weighted by Crippen LogP contribution is 2.41. The molecule has 2 N–H and O–H groups in total. The standard InChI is InChI=1S/C23H29N5O3/c1-14-11-27(23(30)17-4-5-17)22-9-18(6-7-21(22)28(14)16(3)29)19-10-24-26(12-19)13-20-8-15(2)31-25-20/h6-9,12,14-15,17,24-25H,4-5,10-11,13H2,1-3H3/t14-,15?/m0/s1. The number of hydroxylamine groups is 1. The van der Waals surface area contributed by atoms with E-state index in [2.05, 4.69) is 29.2 Å². The second-order valence-corrected chi connectivity index (χ2v) is 8.90. The van der Waals surface area contributed by atoms with E-state index < -0.39 is 0 Å². The van der Waals surface area contributed by atoms with E-state index in [1.807, 2.05) is 40.8 Å². The molecule has 4 aliphatic rings. The van der Waals surface area contributed by atoms with Crippen LogP contribution in [0, 0.1) is 5.92 Å². The van der Waals surface area contributed by atoms with Crippen LogP contribution in [-0.2, 0) is 14.4 Å². The molecule has 8 nitrogen and oxygen atoms in total. The van der Waals surface area contributed by atoms with Crippen molar-refractivity contribution >= 4 is 28.8 Å². The topological polar surface area (TPSA) is 77.2 Å². The maximum Gasteiger partial charge on any atom is 0.230 e. The van der Waals surface area contributed by atoms with Gasteiger partial charge < -0.3 is 14.8 Å². The average Bonchev–Trinajstić information content (AvgIpc) is 3.36. The zero-order valence-electron chi connectivity index (χ0n) is 18.2. The molecule has 1 unspecified atom stereocenters. The number of hydrogen-bond donors (Lipinski definition) is 2. The molecule has 1 fully saturated rings. The number of carbonyl (C=O) groups is 2. The minimum absolute atomic E-state index is 0.00160. The molecule has 0 spiro atoms. The van der Waals surface area contributed by atoms with Gasteiger partial charge in [-0.1, -0.05) is 6.07 Å². The minimum atomic E-state index is -0.0433. The van der Waals surface area contributed by atoms with Crippen molar-refractivity contribution in [3.05, 3.63) is 41.7 Å². The summed E-state index contributed by atoms with van der Waals surface area (Å²) >= 11 is 0. The molecule has 0 saturated heterocycles. The second kappa shape index (κ2) is 7.69. The summed E-state index contributed by atoms with van der Waals surface area (Å²) in [5.41, 5.74) is 11.2. The number of carbonyl (C=O) groups excluding carboxylic acids is 2. The molecule has 3 aliphatic heterocycles. The van der Waals surface area contributed by atoms with Gasteiger partial charge in [-0.2, -0.15) is 0 Å². The van der Waals surface area contributed by atoms with E-state index in [1.165, 1.54) is 0 Å². The van der Waals surface area contributed by atoms with Gasteiger partial charge in [-0.15, -0.1) is 0 Å². The maximum absolute atomic E-state index is 13.0. The van der Waals surface area contributed by atoms with Crippen LogP contribution in [0.1, 0.15) is 39.2 Å². The molecule has 0 bridgehead atoms. The molecule has 1 saturated carbocycles. The van der Waals surface area contributed by atoms with Crippen molar-refractivity contribution < 1.29 is 14.4 Å². The van der Waals surface area contributed by atoms with Crippen LogP contribution in [0.15, 0.2) is 36.2 Å². The Morgan fingerprint density at radius 3 is 2.68 bits per heavy atom. The summed E-state index contributed by atoms with van der Waals surface area (Å²) in [4.78, 5) is 34.4. The van der Waals surface area contributed by atoms with Gasteiger partial charge in [0.2, 0.25) is 11.8 Å². The Bertz CT molecular complexity index is 983. The maximum atomic E-state index is 13.0. The highest BCUT2D eigenvalue weighted by Gasteiger charge is 2.39. The first-order chi connectivity index (χ1) is 14.9. The van der Waals surface area contributed by atoms with Crippen LogP contribution >= 0.6 is 0 Å². The number of hydrazine groups is 1. The molecule has 1 aliphatic carbocycles. The van der Waals surface area contributed by atoms with Gasteiger partial charge in [0, 0.05) is 32.1 Å². The molecule has 2 amide bonds. The first kappa shape index (κ1) is 20.1. The SMILES string of the molecule is CC(=O)N1c2ccc(C3=CN(CC4=CC(C)ON4)NC3)cc2N(C(=O)C2CC2)C[C@@H]1C. The van der Waals surface area contributed by atoms with Crippen LogP contribution in [0.5, 0.6) is 0 Å². The van der Waals surface area contributed by atoms with Crippen molar-refractivity contribution in [3.63, 3.8) is 0 Å². The smallest absolute Gasteiger partial charge is 0.230 e. The lowest BCUT2D eigenvalue weighted by atomic mass is 10.0. The number of benzene rings is 1. The normalized spacial score (nSPS) is 25.2. The molecule has 3 heterocycles. The molecule has 2 atom stereocenters. The molecule has 0 aromatic heterocycles. The van der Waals surface area contributed by atoms with Gasteiger partial charge in [-0.3, -0.25) is 19.9 Å². The Morgan fingerprint density at radius 2 is 2.00 bits per heavy atom. The van der Waals surface area contributed by atoms with Crippen molar-refractivity contribution in [2.45, 2.75) is 45.8 Å². The van der Waals surface area contributed by atoms with Crippen LogP contribution < -0.4 is 20.7 Å². The summed E-state index contributed by atoms with van der Waals surface area (Å²) in [6.45, 7) is 7.50. The van der Waals surface area contributed by atoms with Gasteiger partial charge >= 0.3 is 0 Å². The molecule has 0 radical (unpaired) electrons. The zero-order valence-corrected chi connectivity index (χ0v) is 18.2. The minimum Gasteiger partial charge on any atom is -0.309 e. The first-order valence-corrected chi connectivity index (χ1v) is 11.0. The fourth-order valence-electron chi connectivity index (χ4n) is 4.60. The van der Waals surface area contributed by atoms with Crippen LogP contribution in [-0.4, -0.2) is 48.6 Å². The van der Waals surface area contributed by atoms with E-state index >= 15 is 0 Å². The molecular formula is C23H29N5O3. The molecule has 1 aromatic carbocycles. The third-order valence-electron chi connectivity index (χ3n) is 6.25. The largest absolute Gasteiger partial charge is 0.309 e. The number of amides is 2.